The van der Waals surface area contributed by atoms with Gasteiger partial charge in [-0.2, -0.15) is 0 Å². The van der Waals surface area contributed by atoms with Crippen LogP contribution < -0.4 is 4.74 Å². The molecule has 0 amide bonds. The normalized spacial score (nSPS) is 17.6. The number of halogens is 3. The summed E-state index contributed by atoms with van der Waals surface area (Å²) in [5, 5.41) is -1.10. The van der Waals surface area contributed by atoms with E-state index in [1.165, 1.54) is 0 Å². The minimum absolute atomic E-state index is 0.0673. The molecule has 1 rings (SSSR count). The van der Waals surface area contributed by atoms with E-state index in [1.807, 2.05) is 0 Å². The SMILES string of the molecule is CCOP(=O)(OCC)C([O][Ge]([O]CC(C)Cl)([O]CC(C)Cl)[O]CC(C)Cl)c1ccc(OC)cc1. The second-order valence-electron chi connectivity index (χ2n) is 7.39. The second-order valence-corrected chi connectivity index (χ2v) is 16.1. The molecule has 0 heterocycles. The van der Waals surface area contributed by atoms with E-state index < -0.39 is 28.1 Å². The first kappa shape index (κ1) is 32.5. The third-order valence-electron chi connectivity index (χ3n) is 4.03. The third-order valence-corrected chi connectivity index (χ3v) is 11.4. The molecule has 0 N–H and O–H groups in total. The zero-order chi connectivity index (χ0) is 25.8. The van der Waals surface area contributed by atoms with Gasteiger partial charge in [0.1, 0.15) is 0 Å². The van der Waals surface area contributed by atoms with Gasteiger partial charge >= 0.3 is 223 Å². The first-order valence-corrected chi connectivity index (χ1v) is 17.4. The van der Waals surface area contributed by atoms with Gasteiger partial charge in [-0.05, 0) is 0 Å². The number of rotatable bonds is 18. The van der Waals surface area contributed by atoms with Crippen LogP contribution in [0, 0.1) is 0 Å². The van der Waals surface area contributed by atoms with Crippen molar-refractivity contribution in [2.45, 2.75) is 56.6 Å². The first-order chi connectivity index (χ1) is 16.0. The van der Waals surface area contributed by atoms with Crippen LogP contribution in [0.25, 0.3) is 0 Å². The van der Waals surface area contributed by atoms with Crippen molar-refractivity contribution in [3.8, 4) is 5.75 Å². The Morgan fingerprint density at radius 3 is 1.56 bits per heavy atom. The van der Waals surface area contributed by atoms with Crippen LogP contribution in [0.5, 0.6) is 5.75 Å². The quantitative estimate of drug-likeness (QED) is 0.106. The molecule has 0 bridgehead atoms. The number of hydrogen-bond acceptors (Lipinski definition) is 8. The van der Waals surface area contributed by atoms with Crippen LogP contribution in [0.15, 0.2) is 24.3 Å². The maximum absolute atomic E-state index is 13.9. The van der Waals surface area contributed by atoms with Crippen molar-refractivity contribution in [2.75, 3.05) is 40.1 Å². The van der Waals surface area contributed by atoms with Crippen LogP contribution in [0.2, 0.25) is 0 Å². The van der Waals surface area contributed by atoms with E-state index in [-0.39, 0.29) is 49.2 Å². The van der Waals surface area contributed by atoms with Crippen molar-refractivity contribution in [2.24, 2.45) is 0 Å². The molecule has 4 atom stereocenters. The summed E-state index contributed by atoms with van der Waals surface area (Å²) in [4.78, 5) is 0. The van der Waals surface area contributed by atoms with Gasteiger partial charge < -0.3 is 0 Å². The van der Waals surface area contributed by atoms with Gasteiger partial charge in [0.05, 0.1) is 0 Å². The van der Waals surface area contributed by atoms with Gasteiger partial charge in [-0.15, -0.1) is 0 Å². The Morgan fingerprint density at radius 2 is 1.24 bits per heavy atom. The summed E-state index contributed by atoms with van der Waals surface area (Å²) in [6.07, 6.45) is 0. The molecular formula is C21H36Cl3GeO8P. The number of hydrogen-bond donors (Lipinski definition) is 0. The predicted octanol–water partition coefficient (Wildman–Crippen LogP) is 6.34. The van der Waals surface area contributed by atoms with Crippen LogP contribution in [0.1, 0.15) is 46.0 Å². The molecule has 198 valence electrons. The number of ether oxygens (including phenoxy) is 1. The summed E-state index contributed by atoms with van der Waals surface area (Å²) >= 11 is 13.8. The second kappa shape index (κ2) is 16.3. The first-order valence-electron chi connectivity index (χ1n) is 11.0. The molecule has 34 heavy (non-hydrogen) atoms. The third kappa shape index (κ3) is 11.2. The molecule has 1 aromatic rings. The van der Waals surface area contributed by atoms with Gasteiger partial charge in [0, 0.05) is 0 Å². The molecule has 0 spiro atoms. The topological polar surface area (TPSA) is 81.7 Å². The van der Waals surface area contributed by atoms with Gasteiger partial charge in [0.15, 0.2) is 0 Å². The van der Waals surface area contributed by atoms with Crippen LogP contribution in [0.3, 0.4) is 0 Å². The van der Waals surface area contributed by atoms with Crippen molar-refractivity contribution in [1.82, 2.24) is 0 Å². The fourth-order valence-corrected chi connectivity index (χ4v) is 11.4. The Morgan fingerprint density at radius 1 is 0.824 bits per heavy atom. The molecule has 0 aliphatic rings. The van der Waals surface area contributed by atoms with E-state index in [0.717, 1.165) is 0 Å². The Bertz CT molecular complexity index is 698. The fourth-order valence-electron chi connectivity index (χ4n) is 2.63. The van der Waals surface area contributed by atoms with E-state index in [9.17, 15) is 4.57 Å². The zero-order valence-electron chi connectivity index (χ0n) is 20.5. The summed E-state index contributed by atoms with van der Waals surface area (Å²) in [7, 11) is -2.32. The van der Waals surface area contributed by atoms with Crippen LogP contribution in [-0.4, -0.2) is 70.9 Å². The van der Waals surface area contributed by atoms with Crippen molar-refractivity contribution in [3.63, 3.8) is 0 Å². The Labute approximate surface area is 222 Å². The summed E-state index contributed by atoms with van der Waals surface area (Å²) < 4.78 is 55.0. The molecule has 0 aromatic heterocycles. The Hall–Kier alpha value is 0.423. The summed E-state index contributed by atoms with van der Waals surface area (Å²) in [5.41, 5.74) is 0.508. The predicted molar refractivity (Wildman–Crippen MR) is 137 cm³/mol. The molecule has 0 aliphatic heterocycles. The summed E-state index contributed by atoms with van der Waals surface area (Å²) in [6, 6.07) is 6.85. The monoisotopic (exact) mass is 626 g/mol. The summed E-state index contributed by atoms with van der Waals surface area (Å²) in [5.74, 6) is -0.593. The molecule has 8 nitrogen and oxygen atoms in total. The molecule has 0 fully saturated rings. The Balaban J connectivity index is 3.56. The van der Waals surface area contributed by atoms with E-state index in [2.05, 4.69) is 0 Å². The van der Waals surface area contributed by atoms with Crippen molar-refractivity contribution >= 4 is 57.0 Å². The number of alkyl halides is 3. The number of benzene rings is 1. The van der Waals surface area contributed by atoms with Crippen LogP contribution in [0.4, 0.5) is 0 Å². The Kier molecular flexibility index (Phi) is 15.6. The molecule has 4 unspecified atom stereocenters. The van der Waals surface area contributed by atoms with Crippen molar-refractivity contribution in [1.29, 1.82) is 0 Å². The van der Waals surface area contributed by atoms with Gasteiger partial charge in [-0.3, -0.25) is 0 Å². The molecule has 0 aliphatic carbocycles. The summed E-state index contributed by atoms with van der Waals surface area (Å²) in [6.45, 7) is 9.17. The molecule has 0 radical (unpaired) electrons. The average molecular weight is 626 g/mol. The fraction of sp³-hybridized carbons (Fsp3) is 0.714. The van der Waals surface area contributed by atoms with E-state index >= 15 is 0 Å². The van der Waals surface area contributed by atoms with Crippen molar-refractivity contribution < 1.29 is 33.4 Å². The van der Waals surface area contributed by atoms with Crippen LogP contribution >= 0.6 is 42.4 Å². The van der Waals surface area contributed by atoms with Crippen LogP contribution in [-0.2, 0) is 28.7 Å². The molecule has 0 saturated carbocycles. The molecule has 0 saturated heterocycles. The van der Waals surface area contributed by atoms with Crippen molar-refractivity contribution in [3.05, 3.63) is 29.8 Å². The van der Waals surface area contributed by atoms with E-state index in [4.69, 9.17) is 63.6 Å². The maximum atomic E-state index is 13.9. The average Bonchev–Trinajstić information content (AvgIpc) is 2.78. The van der Waals surface area contributed by atoms with E-state index in [1.54, 1.807) is 66.0 Å². The van der Waals surface area contributed by atoms with Gasteiger partial charge in [0.25, 0.3) is 0 Å². The number of methoxy groups -OCH3 is 1. The standard InChI is InChI=1S/C21H36Cl3GeO8P/c1-7-31-34(26,32-8-2)21(19-9-11-20(27-6)12-10-19)33-25(28-13-16(3)22,29-14-17(4)23)30-15-18(5)24/h9-12,16-18,21H,7-8,13-15H2,1-6H3. The van der Waals surface area contributed by atoms with Gasteiger partial charge in [-0.1, -0.05) is 0 Å². The van der Waals surface area contributed by atoms with Gasteiger partial charge in [-0.25, -0.2) is 0 Å². The molecular weight excluding hydrogens is 590 g/mol. The molecule has 13 heteroatoms. The van der Waals surface area contributed by atoms with E-state index in [0.29, 0.717) is 11.3 Å². The van der Waals surface area contributed by atoms with Gasteiger partial charge in [0.2, 0.25) is 0 Å². The molecule has 1 aromatic carbocycles. The minimum atomic E-state index is -4.70. The zero-order valence-corrected chi connectivity index (χ0v) is 25.8.